The van der Waals surface area contributed by atoms with Crippen LogP contribution in [-0.4, -0.2) is 22.6 Å². The molecule has 0 saturated heterocycles. The van der Waals surface area contributed by atoms with E-state index in [1.807, 2.05) is 0 Å². The van der Waals surface area contributed by atoms with Crippen molar-refractivity contribution in [2.75, 3.05) is 12.4 Å². The number of amides is 1. The molecule has 0 spiro atoms. The van der Waals surface area contributed by atoms with Crippen LogP contribution in [0.3, 0.4) is 0 Å². The van der Waals surface area contributed by atoms with Gasteiger partial charge in [-0.2, -0.15) is 0 Å². The number of aromatic amines is 1. The number of H-pyrrole nitrogens is 1. The fourth-order valence-electron chi connectivity index (χ4n) is 2.00. The summed E-state index contributed by atoms with van der Waals surface area (Å²) in [4.78, 5) is 25.7. The average Bonchev–Trinajstić information content (AvgIpc) is 2.57. The highest BCUT2D eigenvalue weighted by molar-refractivity contribution is 6.05. The van der Waals surface area contributed by atoms with Gasteiger partial charge in [-0.05, 0) is 12.1 Å². The van der Waals surface area contributed by atoms with E-state index in [4.69, 9.17) is 4.74 Å². The zero-order valence-corrected chi connectivity index (χ0v) is 8.53. The van der Waals surface area contributed by atoms with Crippen LogP contribution in [-0.2, 0) is 11.3 Å². The molecule has 0 bridgehead atoms. The molecule has 0 radical (unpaired) electrons. The van der Waals surface area contributed by atoms with Gasteiger partial charge in [-0.3, -0.25) is 9.36 Å². The van der Waals surface area contributed by atoms with Gasteiger partial charge in [0.05, 0.1) is 18.1 Å². The molecule has 0 fully saturated rings. The molecule has 6 heteroatoms. The van der Waals surface area contributed by atoms with Gasteiger partial charge in [0.1, 0.15) is 18.0 Å². The third-order valence-electron chi connectivity index (χ3n) is 2.68. The van der Waals surface area contributed by atoms with Gasteiger partial charge >= 0.3 is 5.69 Å². The second kappa shape index (κ2) is 2.88. The van der Waals surface area contributed by atoms with Crippen LogP contribution >= 0.6 is 0 Å². The number of hydrogen-bond acceptors (Lipinski definition) is 3. The van der Waals surface area contributed by atoms with Crippen molar-refractivity contribution in [1.82, 2.24) is 9.55 Å². The molecular weight excluding hydrogens is 210 g/mol. The Morgan fingerprint density at radius 1 is 1.38 bits per heavy atom. The molecule has 6 nitrogen and oxygen atoms in total. The van der Waals surface area contributed by atoms with E-state index in [0.717, 1.165) is 0 Å². The lowest BCUT2D eigenvalue weighted by molar-refractivity contribution is -0.116. The van der Waals surface area contributed by atoms with Gasteiger partial charge in [-0.1, -0.05) is 0 Å². The molecule has 82 valence electrons. The number of ether oxygens (including phenoxy) is 1. The Kier molecular flexibility index (Phi) is 1.62. The van der Waals surface area contributed by atoms with Gasteiger partial charge < -0.3 is 15.0 Å². The van der Waals surface area contributed by atoms with E-state index in [-0.39, 0.29) is 18.1 Å². The van der Waals surface area contributed by atoms with Gasteiger partial charge in [-0.25, -0.2) is 4.79 Å². The average molecular weight is 219 g/mol. The summed E-state index contributed by atoms with van der Waals surface area (Å²) < 4.78 is 6.56. The smallest absolute Gasteiger partial charge is 0.327 e. The van der Waals surface area contributed by atoms with Crippen LogP contribution in [0.25, 0.3) is 11.0 Å². The molecule has 1 aromatic carbocycles. The Hall–Kier alpha value is -2.24. The van der Waals surface area contributed by atoms with Crippen molar-refractivity contribution in [3.63, 3.8) is 0 Å². The van der Waals surface area contributed by atoms with Crippen molar-refractivity contribution in [2.45, 2.75) is 6.54 Å². The molecule has 3 rings (SSSR count). The molecule has 1 aliphatic rings. The second-order valence-corrected chi connectivity index (χ2v) is 3.60. The maximum atomic E-state index is 11.6. The van der Waals surface area contributed by atoms with Gasteiger partial charge in [0, 0.05) is 0 Å². The Bertz CT molecular complexity index is 653. The van der Waals surface area contributed by atoms with Crippen LogP contribution in [0.4, 0.5) is 5.69 Å². The largest absolute Gasteiger partial charge is 0.494 e. The standard InChI is InChI=1S/C10H9N3O3/c1-16-6-3-2-5-9-8(6)12-7(14)4-13(9)10(15)11-5/h2-3H,4H2,1H3,(H,11,15)(H,12,14). The quantitative estimate of drug-likeness (QED) is 0.723. The molecule has 16 heavy (non-hydrogen) atoms. The highest BCUT2D eigenvalue weighted by Crippen LogP contribution is 2.33. The lowest BCUT2D eigenvalue weighted by atomic mass is 10.2. The number of imidazole rings is 1. The minimum Gasteiger partial charge on any atom is -0.494 e. The van der Waals surface area contributed by atoms with E-state index in [0.29, 0.717) is 22.5 Å². The zero-order valence-electron chi connectivity index (χ0n) is 8.53. The van der Waals surface area contributed by atoms with Crippen molar-refractivity contribution >= 4 is 22.6 Å². The first-order valence-corrected chi connectivity index (χ1v) is 4.80. The number of carbonyl (C=O) groups is 1. The lowest BCUT2D eigenvalue weighted by Crippen LogP contribution is -2.29. The maximum absolute atomic E-state index is 11.6. The normalized spacial score (nSPS) is 13.9. The monoisotopic (exact) mass is 219 g/mol. The van der Waals surface area contributed by atoms with Crippen LogP contribution < -0.4 is 15.7 Å². The van der Waals surface area contributed by atoms with Crippen molar-refractivity contribution in [3.8, 4) is 5.75 Å². The Morgan fingerprint density at radius 2 is 2.19 bits per heavy atom. The first-order chi connectivity index (χ1) is 7.70. The number of benzene rings is 1. The van der Waals surface area contributed by atoms with E-state index in [1.54, 1.807) is 12.1 Å². The Labute approximate surface area is 89.8 Å². The highest BCUT2D eigenvalue weighted by Gasteiger charge is 2.23. The summed E-state index contributed by atoms with van der Waals surface area (Å²) in [5, 5.41) is 2.71. The summed E-state index contributed by atoms with van der Waals surface area (Å²) >= 11 is 0. The number of carbonyl (C=O) groups excluding carboxylic acids is 1. The minimum atomic E-state index is -0.278. The highest BCUT2D eigenvalue weighted by atomic mass is 16.5. The van der Waals surface area contributed by atoms with Crippen molar-refractivity contribution in [2.24, 2.45) is 0 Å². The molecule has 0 aliphatic carbocycles. The predicted molar refractivity (Wildman–Crippen MR) is 57.7 cm³/mol. The van der Waals surface area contributed by atoms with Crippen LogP contribution in [0.5, 0.6) is 5.75 Å². The van der Waals surface area contributed by atoms with Crippen molar-refractivity contribution in [1.29, 1.82) is 0 Å². The predicted octanol–water partition coefficient (Wildman–Crippen LogP) is 0.290. The summed E-state index contributed by atoms with van der Waals surface area (Å²) in [6.07, 6.45) is 0. The summed E-state index contributed by atoms with van der Waals surface area (Å²) in [5.41, 5.74) is 1.65. The first-order valence-electron chi connectivity index (χ1n) is 4.80. The number of methoxy groups -OCH3 is 1. The summed E-state index contributed by atoms with van der Waals surface area (Å²) in [6.45, 7) is 0.0407. The molecule has 0 saturated carbocycles. The molecule has 2 N–H and O–H groups in total. The van der Waals surface area contributed by atoms with Gasteiger partial charge in [-0.15, -0.1) is 0 Å². The van der Waals surface area contributed by atoms with Crippen molar-refractivity contribution in [3.05, 3.63) is 22.6 Å². The van der Waals surface area contributed by atoms with E-state index in [2.05, 4.69) is 10.3 Å². The van der Waals surface area contributed by atoms with Gasteiger partial charge in [0.15, 0.2) is 0 Å². The Morgan fingerprint density at radius 3 is 2.94 bits per heavy atom. The number of nitrogens with one attached hydrogen (secondary N) is 2. The summed E-state index contributed by atoms with van der Waals surface area (Å²) in [5.74, 6) is 0.327. The fraction of sp³-hybridized carbons (Fsp3) is 0.200. The van der Waals surface area contributed by atoms with E-state index in [1.165, 1.54) is 11.7 Å². The van der Waals surface area contributed by atoms with E-state index in [9.17, 15) is 9.59 Å². The number of rotatable bonds is 1. The molecule has 2 aromatic rings. The van der Waals surface area contributed by atoms with Crippen LogP contribution in [0.1, 0.15) is 0 Å². The van der Waals surface area contributed by atoms with E-state index >= 15 is 0 Å². The fourth-order valence-corrected chi connectivity index (χ4v) is 2.00. The van der Waals surface area contributed by atoms with Crippen LogP contribution in [0.15, 0.2) is 16.9 Å². The molecule has 2 heterocycles. The zero-order chi connectivity index (χ0) is 11.3. The van der Waals surface area contributed by atoms with Crippen LogP contribution in [0.2, 0.25) is 0 Å². The molecule has 1 amide bonds. The first kappa shape index (κ1) is 9.02. The van der Waals surface area contributed by atoms with Crippen LogP contribution in [0, 0.1) is 0 Å². The number of anilines is 1. The van der Waals surface area contributed by atoms with Crippen molar-refractivity contribution < 1.29 is 9.53 Å². The summed E-state index contributed by atoms with van der Waals surface area (Å²) in [7, 11) is 1.52. The topological polar surface area (TPSA) is 76.1 Å². The number of nitrogens with zero attached hydrogens (tertiary/aromatic N) is 1. The second-order valence-electron chi connectivity index (χ2n) is 3.60. The molecule has 1 aliphatic heterocycles. The van der Waals surface area contributed by atoms with Gasteiger partial charge in [0.2, 0.25) is 5.91 Å². The third-order valence-corrected chi connectivity index (χ3v) is 2.68. The molecule has 0 atom stereocenters. The summed E-state index contributed by atoms with van der Waals surface area (Å²) in [6, 6.07) is 3.47. The lowest BCUT2D eigenvalue weighted by Gasteiger charge is -2.17. The van der Waals surface area contributed by atoms with Gasteiger partial charge in [0.25, 0.3) is 0 Å². The SMILES string of the molecule is COc1ccc2[nH]c(=O)n3c2c1NC(=O)C3. The maximum Gasteiger partial charge on any atom is 0.327 e. The van der Waals surface area contributed by atoms with E-state index < -0.39 is 0 Å². The molecule has 1 aromatic heterocycles. The third kappa shape index (κ3) is 1.01. The molecule has 0 unspecified atom stereocenters. The minimum absolute atomic E-state index is 0.0407. The number of hydrogen-bond donors (Lipinski definition) is 2. The number of aromatic nitrogens is 2. The molecular formula is C10H9N3O3. The Balaban J connectivity index is 2.48.